The number of nitrogens with zero attached hydrogens (tertiary/aromatic N) is 4. The number of nitrogens with one attached hydrogen (secondary N) is 1. The number of likely N-dealkylation sites (tertiary alicyclic amines) is 1. The topological polar surface area (TPSA) is 67.1 Å². The van der Waals surface area contributed by atoms with Crippen molar-refractivity contribution in [3.8, 4) is 11.5 Å². The third-order valence-corrected chi connectivity index (χ3v) is 5.46. The summed E-state index contributed by atoms with van der Waals surface area (Å²) in [6, 6.07) is 8.90. The molecule has 2 unspecified atom stereocenters. The number of anilines is 1. The lowest BCUT2D eigenvalue weighted by atomic mass is 9.93. The molecule has 0 saturated carbocycles. The number of halogens is 2. The van der Waals surface area contributed by atoms with E-state index in [1.807, 2.05) is 18.2 Å². The van der Waals surface area contributed by atoms with Gasteiger partial charge < -0.3 is 9.84 Å². The number of rotatable bonds is 5. The van der Waals surface area contributed by atoms with Crippen molar-refractivity contribution < 1.29 is 8.91 Å². The lowest BCUT2D eigenvalue weighted by molar-refractivity contribution is 0.281. The Morgan fingerprint density at radius 3 is 2.96 bits per heavy atom. The number of aromatic nitrogens is 3. The van der Waals surface area contributed by atoms with Crippen LogP contribution in [0.4, 0.5) is 10.2 Å². The summed E-state index contributed by atoms with van der Waals surface area (Å²) >= 11 is 5.85. The van der Waals surface area contributed by atoms with E-state index >= 15 is 0 Å². The predicted octanol–water partition coefficient (Wildman–Crippen LogP) is 4.34. The molecule has 3 aromatic rings. The van der Waals surface area contributed by atoms with Crippen LogP contribution >= 0.6 is 11.6 Å². The van der Waals surface area contributed by atoms with Crippen molar-refractivity contribution >= 4 is 17.4 Å². The second-order valence-corrected chi connectivity index (χ2v) is 7.48. The molecule has 2 atom stereocenters. The zero-order valence-corrected chi connectivity index (χ0v) is 16.4. The van der Waals surface area contributed by atoms with Gasteiger partial charge in [0.05, 0.1) is 10.6 Å². The quantitative estimate of drug-likeness (QED) is 0.686. The van der Waals surface area contributed by atoms with Gasteiger partial charge in [-0.3, -0.25) is 4.90 Å². The molecule has 1 saturated heterocycles. The van der Waals surface area contributed by atoms with Crippen molar-refractivity contribution in [2.45, 2.75) is 19.4 Å². The van der Waals surface area contributed by atoms with Crippen molar-refractivity contribution in [1.82, 2.24) is 20.0 Å². The largest absolute Gasteiger partial charge is 0.369 e. The Bertz CT molecular complexity index is 979. The van der Waals surface area contributed by atoms with Gasteiger partial charge in [0, 0.05) is 18.8 Å². The standard InChI is InChI=1S/C20H21ClFN5O/c1-12-25-20(28-26-12)15-4-3-8-23-19(15)24-11-14-7-9-27(2)18(14)13-5-6-16(21)17(22)10-13/h3-6,8,10,14,18H,7,9,11H2,1-2H3,(H,23,24). The van der Waals surface area contributed by atoms with E-state index in [1.54, 1.807) is 19.2 Å². The van der Waals surface area contributed by atoms with E-state index in [2.05, 4.69) is 32.4 Å². The van der Waals surface area contributed by atoms with Crippen LogP contribution in [0.1, 0.15) is 23.9 Å². The van der Waals surface area contributed by atoms with E-state index in [0.29, 0.717) is 30.0 Å². The minimum absolute atomic E-state index is 0.108. The summed E-state index contributed by atoms with van der Waals surface area (Å²) in [7, 11) is 2.06. The van der Waals surface area contributed by atoms with Gasteiger partial charge in [0.1, 0.15) is 11.6 Å². The first-order valence-electron chi connectivity index (χ1n) is 9.17. The molecular formula is C20H21ClFN5O. The van der Waals surface area contributed by atoms with Gasteiger partial charge in [0.2, 0.25) is 0 Å². The fourth-order valence-corrected chi connectivity index (χ4v) is 3.93. The zero-order valence-electron chi connectivity index (χ0n) is 15.7. The Kier molecular flexibility index (Phi) is 5.28. The summed E-state index contributed by atoms with van der Waals surface area (Å²) in [5.41, 5.74) is 1.70. The molecule has 1 aliphatic rings. The zero-order chi connectivity index (χ0) is 19.7. The van der Waals surface area contributed by atoms with E-state index in [4.69, 9.17) is 16.1 Å². The first-order chi connectivity index (χ1) is 13.5. The van der Waals surface area contributed by atoms with Crippen LogP contribution in [0.3, 0.4) is 0 Å². The first kappa shape index (κ1) is 18.8. The van der Waals surface area contributed by atoms with Crippen LogP contribution in [0.25, 0.3) is 11.5 Å². The molecule has 0 aliphatic carbocycles. The molecule has 4 rings (SSSR count). The highest BCUT2D eigenvalue weighted by Crippen LogP contribution is 2.37. The second kappa shape index (κ2) is 7.85. The molecule has 0 spiro atoms. The van der Waals surface area contributed by atoms with Crippen LogP contribution in [0.15, 0.2) is 41.1 Å². The summed E-state index contributed by atoms with van der Waals surface area (Å²) in [6.45, 7) is 3.41. The molecular weight excluding hydrogens is 381 g/mol. The molecule has 2 aromatic heterocycles. The highest BCUT2D eigenvalue weighted by molar-refractivity contribution is 6.30. The van der Waals surface area contributed by atoms with Gasteiger partial charge in [0.25, 0.3) is 5.89 Å². The van der Waals surface area contributed by atoms with Crippen molar-refractivity contribution in [2.75, 3.05) is 25.5 Å². The van der Waals surface area contributed by atoms with Crippen molar-refractivity contribution in [1.29, 1.82) is 0 Å². The number of hydrogen-bond donors (Lipinski definition) is 1. The highest BCUT2D eigenvalue weighted by atomic mass is 35.5. The normalized spacial score (nSPS) is 19.9. The third kappa shape index (κ3) is 3.72. The van der Waals surface area contributed by atoms with Gasteiger partial charge in [-0.25, -0.2) is 9.37 Å². The smallest absolute Gasteiger partial charge is 0.261 e. The van der Waals surface area contributed by atoms with Crippen LogP contribution < -0.4 is 5.32 Å². The van der Waals surface area contributed by atoms with Crippen LogP contribution in [0.5, 0.6) is 0 Å². The number of benzene rings is 1. The van der Waals surface area contributed by atoms with Gasteiger partial charge >= 0.3 is 0 Å². The van der Waals surface area contributed by atoms with Gasteiger partial charge in [-0.2, -0.15) is 4.98 Å². The minimum atomic E-state index is -0.384. The Labute approximate surface area is 167 Å². The predicted molar refractivity (Wildman–Crippen MR) is 106 cm³/mol. The molecule has 146 valence electrons. The second-order valence-electron chi connectivity index (χ2n) is 7.07. The summed E-state index contributed by atoms with van der Waals surface area (Å²) in [5, 5.41) is 7.42. The summed E-state index contributed by atoms with van der Waals surface area (Å²) in [5.74, 6) is 1.62. The maximum Gasteiger partial charge on any atom is 0.261 e. The molecule has 0 radical (unpaired) electrons. The Morgan fingerprint density at radius 1 is 1.36 bits per heavy atom. The minimum Gasteiger partial charge on any atom is -0.369 e. The summed E-state index contributed by atoms with van der Waals surface area (Å²) in [4.78, 5) is 11.0. The molecule has 1 N–H and O–H groups in total. The van der Waals surface area contributed by atoms with Crippen LogP contribution in [-0.4, -0.2) is 40.2 Å². The Hall–Kier alpha value is -2.51. The maximum atomic E-state index is 14.0. The molecule has 1 fully saturated rings. The maximum absolute atomic E-state index is 14.0. The fourth-order valence-electron chi connectivity index (χ4n) is 3.82. The van der Waals surface area contributed by atoms with E-state index in [-0.39, 0.29) is 16.9 Å². The SMILES string of the molecule is Cc1noc(-c2cccnc2NCC2CCN(C)C2c2ccc(Cl)c(F)c2)n1. The Balaban J connectivity index is 1.54. The molecule has 1 aliphatic heterocycles. The number of aryl methyl sites for hydroxylation is 1. The lowest BCUT2D eigenvalue weighted by Gasteiger charge is -2.26. The van der Waals surface area contributed by atoms with Gasteiger partial charge in [-0.1, -0.05) is 22.8 Å². The number of hydrogen-bond acceptors (Lipinski definition) is 6. The van der Waals surface area contributed by atoms with Crippen molar-refractivity contribution in [2.24, 2.45) is 5.92 Å². The molecule has 8 heteroatoms. The van der Waals surface area contributed by atoms with Gasteiger partial charge in [-0.15, -0.1) is 0 Å². The van der Waals surface area contributed by atoms with E-state index in [9.17, 15) is 4.39 Å². The average Bonchev–Trinajstić information content (AvgIpc) is 3.28. The highest BCUT2D eigenvalue weighted by Gasteiger charge is 2.33. The monoisotopic (exact) mass is 401 g/mol. The van der Waals surface area contributed by atoms with E-state index in [0.717, 1.165) is 24.1 Å². The van der Waals surface area contributed by atoms with Crippen LogP contribution in [0, 0.1) is 18.7 Å². The van der Waals surface area contributed by atoms with Gasteiger partial charge in [-0.05, 0) is 62.7 Å². The van der Waals surface area contributed by atoms with Crippen molar-refractivity contribution in [3.05, 3.63) is 58.8 Å². The van der Waals surface area contributed by atoms with Crippen LogP contribution in [0.2, 0.25) is 5.02 Å². The molecule has 28 heavy (non-hydrogen) atoms. The molecule has 0 amide bonds. The Morgan fingerprint density at radius 2 is 2.21 bits per heavy atom. The van der Waals surface area contributed by atoms with Crippen LogP contribution in [-0.2, 0) is 0 Å². The third-order valence-electron chi connectivity index (χ3n) is 5.16. The van der Waals surface area contributed by atoms with E-state index in [1.165, 1.54) is 6.07 Å². The average molecular weight is 402 g/mol. The molecule has 1 aromatic carbocycles. The lowest BCUT2D eigenvalue weighted by Crippen LogP contribution is -2.25. The number of pyridine rings is 1. The molecule has 0 bridgehead atoms. The summed E-state index contributed by atoms with van der Waals surface area (Å²) in [6.07, 6.45) is 2.72. The molecule has 3 heterocycles. The van der Waals surface area contributed by atoms with E-state index < -0.39 is 0 Å². The van der Waals surface area contributed by atoms with Gasteiger partial charge in [0.15, 0.2) is 5.82 Å². The summed E-state index contributed by atoms with van der Waals surface area (Å²) < 4.78 is 19.3. The van der Waals surface area contributed by atoms with Crippen molar-refractivity contribution in [3.63, 3.8) is 0 Å². The first-order valence-corrected chi connectivity index (χ1v) is 9.55. The molecule has 6 nitrogen and oxygen atoms in total. The fraction of sp³-hybridized carbons (Fsp3) is 0.350.